The minimum atomic E-state index is -0.674. The fourth-order valence-electron chi connectivity index (χ4n) is 1.78. The summed E-state index contributed by atoms with van der Waals surface area (Å²) in [5.41, 5.74) is 0.208. The van der Waals surface area contributed by atoms with Gasteiger partial charge in [-0.05, 0) is 24.6 Å². The zero-order valence-corrected chi connectivity index (χ0v) is 11.2. The summed E-state index contributed by atoms with van der Waals surface area (Å²) in [6.07, 6.45) is 1.52. The van der Waals surface area contributed by atoms with Crippen LogP contribution in [0.25, 0.3) is 5.65 Å². The van der Waals surface area contributed by atoms with E-state index in [-0.39, 0.29) is 12.1 Å². The smallest absolute Gasteiger partial charge is 0.274 e. The first kappa shape index (κ1) is 14.0. The molecule has 0 aliphatic carbocycles. The molecule has 2 aromatic heterocycles. The Morgan fingerprint density at radius 3 is 3.00 bits per heavy atom. The van der Waals surface area contributed by atoms with Crippen LogP contribution in [0.3, 0.4) is 0 Å². The van der Waals surface area contributed by atoms with Gasteiger partial charge in [0.1, 0.15) is 5.65 Å². The van der Waals surface area contributed by atoms with Gasteiger partial charge in [-0.25, -0.2) is 0 Å². The largest absolute Gasteiger partial charge is 0.493 e. The highest BCUT2D eigenvalue weighted by Gasteiger charge is 2.19. The fraction of sp³-hybridized carbons (Fsp3) is 0.308. The van der Waals surface area contributed by atoms with E-state index in [0.29, 0.717) is 12.3 Å². The minimum absolute atomic E-state index is 0.241. The van der Waals surface area contributed by atoms with Gasteiger partial charge in [-0.2, -0.15) is 4.98 Å². The van der Waals surface area contributed by atoms with Crippen LogP contribution in [0.4, 0.5) is 0 Å². The lowest BCUT2D eigenvalue weighted by atomic mass is 10.2. The van der Waals surface area contributed by atoms with Crippen molar-refractivity contribution in [1.29, 1.82) is 0 Å². The predicted molar refractivity (Wildman–Crippen MR) is 72.1 cm³/mol. The monoisotopic (exact) mass is 277 g/mol. The van der Waals surface area contributed by atoms with Gasteiger partial charge in [0.25, 0.3) is 11.5 Å². The van der Waals surface area contributed by atoms with Crippen molar-refractivity contribution in [2.45, 2.75) is 6.92 Å². The Balaban J connectivity index is 2.46. The van der Waals surface area contributed by atoms with E-state index >= 15 is 0 Å². The SMILES string of the molecule is COCCNC(=O)c1c(O)nc2cc(C)ccn2c1=O. The van der Waals surface area contributed by atoms with Crippen molar-refractivity contribution in [1.82, 2.24) is 14.7 Å². The van der Waals surface area contributed by atoms with Gasteiger partial charge >= 0.3 is 0 Å². The Morgan fingerprint density at radius 1 is 1.55 bits per heavy atom. The van der Waals surface area contributed by atoms with Crippen molar-refractivity contribution in [3.05, 3.63) is 39.8 Å². The number of ether oxygens (including phenoxy) is 1. The number of hydrogen-bond acceptors (Lipinski definition) is 5. The van der Waals surface area contributed by atoms with Gasteiger partial charge in [-0.3, -0.25) is 14.0 Å². The van der Waals surface area contributed by atoms with Crippen LogP contribution >= 0.6 is 0 Å². The zero-order valence-electron chi connectivity index (χ0n) is 11.2. The highest BCUT2D eigenvalue weighted by Crippen LogP contribution is 2.12. The summed E-state index contributed by atoms with van der Waals surface area (Å²) in [6, 6.07) is 3.37. The maximum absolute atomic E-state index is 12.2. The maximum Gasteiger partial charge on any atom is 0.274 e. The standard InChI is InChI=1S/C13H15N3O4/c1-8-3-5-16-9(7-8)15-12(18)10(13(16)19)11(17)14-4-6-20-2/h3,5,7,18H,4,6H2,1-2H3,(H,14,17). The first-order chi connectivity index (χ1) is 9.54. The first-order valence-corrected chi connectivity index (χ1v) is 6.03. The number of rotatable bonds is 4. The Bertz CT molecular complexity index is 709. The number of aryl methyl sites for hydroxylation is 1. The van der Waals surface area contributed by atoms with Crippen LogP contribution in [0.15, 0.2) is 23.1 Å². The van der Waals surface area contributed by atoms with Crippen LogP contribution in [-0.4, -0.2) is 40.7 Å². The van der Waals surface area contributed by atoms with E-state index in [1.54, 1.807) is 12.1 Å². The van der Waals surface area contributed by atoms with E-state index < -0.39 is 17.3 Å². The average Bonchev–Trinajstić information content (AvgIpc) is 2.38. The maximum atomic E-state index is 12.2. The van der Waals surface area contributed by atoms with E-state index in [2.05, 4.69) is 10.3 Å². The lowest BCUT2D eigenvalue weighted by molar-refractivity contribution is 0.0932. The third kappa shape index (κ3) is 2.62. The number of aromatic hydroxyl groups is 1. The molecule has 0 spiro atoms. The molecule has 0 aliphatic heterocycles. The first-order valence-electron chi connectivity index (χ1n) is 6.03. The number of aromatic nitrogens is 2. The molecule has 1 amide bonds. The van der Waals surface area contributed by atoms with Crippen molar-refractivity contribution in [3.63, 3.8) is 0 Å². The number of fused-ring (bicyclic) bond motifs is 1. The highest BCUT2D eigenvalue weighted by molar-refractivity contribution is 5.96. The number of carbonyl (C=O) groups is 1. The Hall–Kier alpha value is -2.41. The number of amides is 1. The number of nitrogens with one attached hydrogen (secondary N) is 1. The lowest BCUT2D eigenvalue weighted by Gasteiger charge is -2.08. The summed E-state index contributed by atoms with van der Waals surface area (Å²) in [5.74, 6) is -1.25. The number of methoxy groups -OCH3 is 1. The average molecular weight is 277 g/mol. The molecular formula is C13H15N3O4. The Morgan fingerprint density at radius 2 is 2.30 bits per heavy atom. The van der Waals surface area contributed by atoms with Crippen LogP contribution in [0.2, 0.25) is 0 Å². The van der Waals surface area contributed by atoms with Gasteiger partial charge in [-0.1, -0.05) is 0 Å². The molecule has 7 nitrogen and oxygen atoms in total. The molecule has 0 fully saturated rings. The summed E-state index contributed by atoms with van der Waals surface area (Å²) in [6.45, 7) is 2.40. The van der Waals surface area contributed by atoms with E-state index in [0.717, 1.165) is 5.56 Å². The summed E-state index contributed by atoms with van der Waals surface area (Å²) in [5, 5.41) is 12.3. The second-order valence-electron chi connectivity index (χ2n) is 4.30. The molecule has 0 unspecified atom stereocenters. The van der Waals surface area contributed by atoms with Crippen molar-refractivity contribution in [2.24, 2.45) is 0 Å². The lowest BCUT2D eigenvalue weighted by Crippen LogP contribution is -2.33. The second kappa shape index (κ2) is 5.70. The van der Waals surface area contributed by atoms with Gasteiger partial charge in [0, 0.05) is 19.9 Å². The molecular weight excluding hydrogens is 262 g/mol. The van der Waals surface area contributed by atoms with Gasteiger partial charge in [-0.15, -0.1) is 0 Å². The summed E-state index contributed by atoms with van der Waals surface area (Å²) < 4.78 is 6.02. The van der Waals surface area contributed by atoms with Crippen LogP contribution in [0.1, 0.15) is 15.9 Å². The van der Waals surface area contributed by atoms with E-state index in [1.165, 1.54) is 17.7 Å². The number of carbonyl (C=O) groups excluding carboxylic acids is 1. The molecule has 2 heterocycles. The van der Waals surface area contributed by atoms with Gasteiger partial charge in [0.05, 0.1) is 6.61 Å². The van der Waals surface area contributed by atoms with Crippen molar-refractivity contribution >= 4 is 11.6 Å². The van der Waals surface area contributed by atoms with E-state index in [9.17, 15) is 14.7 Å². The van der Waals surface area contributed by atoms with Crippen LogP contribution in [0, 0.1) is 6.92 Å². The summed E-state index contributed by atoms with van der Waals surface area (Å²) in [7, 11) is 1.50. The number of pyridine rings is 1. The molecule has 106 valence electrons. The fourth-order valence-corrected chi connectivity index (χ4v) is 1.78. The molecule has 20 heavy (non-hydrogen) atoms. The zero-order chi connectivity index (χ0) is 14.7. The normalized spacial score (nSPS) is 10.7. The van der Waals surface area contributed by atoms with Gasteiger partial charge in [0.2, 0.25) is 5.88 Å². The second-order valence-corrected chi connectivity index (χ2v) is 4.30. The summed E-state index contributed by atoms with van der Waals surface area (Å²) >= 11 is 0. The number of nitrogens with zero attached hydrogens (tertiary/aromatic N) is 2. The Kier molecular flexibility index (Phi) is 3.99. The topological polar surface area (TPSA) is 92.9 Å². The van der Waals surface area contributed by atoms with Gasteiger partial charge < -0.3 is 15.2 Å². The molecule has 0 radical (unpaired) electrons. The van der Waals surface area contributed by atoms with Gasteiger partial charge in [0.15, 0.2) is 5.56 Å². The molecule has 2 aromatic rings. The molecule has 0 bridgehead atoms. The third-order valence-corrected chi connectivity index (χ3v) is 2.79. The van der Waals surface area contributed by atoms with E-state index in [4.69, 9.17) is 4.74 Å². The molecule has 0 saturated carbocycles. The Labute approximate surface area is 114 Å². The van der Waals surface area contributed by atoms with E-state index in [1.807, 2.05) is 6.92 Å². The third-order valence-electron chi connectivity index (χ3n) is 2.79. The molecule has 0 saturated heterocycles. The molecule has 2 N–H and O–H groups in total. The quantitative estimate of drug-likeness (QED) is 0.772. The molecule has 0 aliphatic rings. The van der Waals surface area contributed by atoms with Crippen LogP contribution in [-0.2, 0) is 4.74 Å². The van der Waals surface area contributed by atoms with Crippen molar-refractivity contribution < 1.29 is 14.6 Å². The van der Waals surface area contributed by atoms with Crippen molar-refractivity contribution in [3.8, 4) is 5.88 Å². The molecule has 7 heteroatoms. The highest BCUT2D eigenvalue weighted by atomic mass is 16.5. The minimum Gasteiger partial charge on any atom is -0.493 e. The van der Waals surface area contributed by atoms with Crippen LogP contribution in [0.5, 0.6) is 5.88 Å². The van der Waals surface area contributed by atoms with Crippen molar-refractivity contribution in [2.75, 3.05) is 20.3 Å². The number of hydrogen-bond donors (Lipinski definition) is 2. The molecule has 0 aromatic carbocycles. The molecule has 0 atom stereocenters. The molecule has 2 rings (SSSR count). The van der Waals surface area contributed by atoms with Crippen LogP contribution < -0.4 is 10.9 Å². The predicted octanol–water partition coefficient (Wildman–Crippen LogP) is 0.0847. The summed E-state index contributed by atoms with van der Waals surface area (Å²) in [4.78, 5) is 28.0.